The molecule has 0 aliphatic carbocycles. The summed E-state index contributed by atoms with van der Waals surface area (Å²) < 4.78 is 5.50. The molecule has 3 nitrogen and oxygen atoms in total. The van der Waals surface area contributed by atoms with Crippen LogP contribution in [0.5, 0.6) is 5.75 Å². The average molecular weight is 216 g/mol. The second-order valence-electron chi connectivity index (χ2n) is 3.85. The van der Waals surface area contributed by atoms with Gasteiger partial charge >= 0.3 is 0 Å². The van der Waals surface area contributed by atoms with Crippen LogP contribution in [0.3, 0.4) is 0 Å². The van der Waals surface area contributed by atoms with Gasteiger partial charge in [-0.25, -0.2) is 0 Å². The first kappa shape index (κ1) is 10.7. The van der Waals surface area contributed by atoms with Crippen LogP contribution >= 0.6 is 0 Å². The van der Waals surface area contributed by atoms with Gasteiger partial charge in [0.15, 0.2) is 0 Å². The van der Waals surface area contributed by atoms with Crippen LogP contribution in [0.2, 0.25) is 0 Å². The molecule has 2 rings (SSSR count). The van der Waals surface area contributed by atoms with E-state index in [1.807, 2.05) is 39.0 Å². The molecule has 1 N–H and O–H groups in total. The molecule has 1 heterocycles. The normalized spacial score (nSPS) is 10.4. The first-order chi connectivity index (χ1) is 7.70. The summed E-state index contributed by atoms with van der Waals surface area (Å²) in [6.45, 7) is 6.73. The molecule has 1 aromatic heterocycles. The monoisotopic (exact) mass is 216 g/mol. The number of aryl methyl sites for hydroxylation is 2. The molecule has 0 saturated carbocycles. The largest absolute Gasteiger partial charge is 0.494 e. The van der Waals surface area contributed by atoms with Gasteiger partial charge in [-0.1, -0.05) is 0 Å². The van der Waals surface area contributed by atoms with Gasteiger partial charge in [0, 0.05) is 11.3 Å². The fraction of sp³-hybridized carbons (Fsp3) is 0.308. The molecule has 3 heteroatoms. The Morgan fingerprint density at radius 2 is 2.06 bits per heavy atom. The molecular weight excluding hydrogens is 200 g/mol. The van der Waals surface area contributed by atoms with E-state index in [2.05, 4.69) is 16.3 Å². The third-order valence-corrected chi connectivity index (χ3v) is 2.48. The Hall–Kier alpha value is -1.77. The predicted molar refractivity (Wildman–Crippen MR) is 64.7 cm³/mol. The first-order valence-corrected chi connectivity index (χ1v) is 5.46. The summed E-state index contributed by atoms with van der Waals surface area (Å²) in [5.74, 6) is 0.943. The number of nitrogens with zero attached hydrogens (tertiary/aromatic N) is 1. The van der Waals surface area contributed by atoms with E-state index in [4.69, 9.17) is 4.74 Å². The number of ether oxygens (including phenoxy) is 1. The number of nitrogens with one attached hydrogen (secondary N) is 1. The lowest BCUT2D eigenvalue weighted by Crippen LogP contribution is -1.94. The lowest BCUT2D eigenvalue weighted by molar-refractivity contribution is 0.338. The molecule has 0 bridgehead atoms. The summed E-state index contributed by atoms with van der Waals surface area (Å²) in [4.78, 5) is 0. The van der Waals surface area contributed by atoms with E-state index in [-0.39, 0.29) is 0 Å². The van der Waals surface area contributed by atoms with E-state index in [0.717, 1.165) is 28.3 Å². The highest BCUT2D eigenvalue weighted by atomic mass is 16.5. The van der Waals surface area contributed by atoms with E-state index in [9.17, 15) is 0 Å². The minimum atomic E-state index is 0.696. The molecule has 0 unspecified atom stereocenters. The Morgan fingerprint density at radius 1 is 1.25 bits per heavy atom. The van der Waals surface area contributed by atoms with Gasteiger partial charge in [-0.05, 0) is 50.6 Å². The molecule has 0 saturated heterocycles. The van der Waals surface area contributed by atoms with Gasteiger partial charge in [0.2, 0.25) is 0 Å². The van der Waals surface area contributed by atoms with Crippen molar-refractivity contribution in [3.8, 4) is 17.0 Å². The van der Waals surface area contributed by atoms with Gasteiger partial charge in [-0.3, -0.25) is 5.10 Å². The molecule has 0 spiro atoms. The van der Waals surface area contributed by atoms with Gasteiger partial charge in [0.25, 0.3) is 0 Å². The van der Waals surface area contributed by atoms with Crippen LogP contribution in [-0.2, 0) is 0 Å². The topological polar surface area (TPSA) is 37.9 Å². The van der Waals surface area contributed by atoms with Crippen LogP contribution in [0.15, 0.2) is 24.3 Å². The van der Waals surface area contributed by atoms with E-state index in [1.165, 1.54) is 0 Å². The molecule has 84 valence electrons. The molecule has 0 atom stereocenters. The van der Waals surface area contributed by atoms with E-state index < -0.39 is 0 Å². The molecule has 1 aromatic carbocycles. The Morgan fingerprint density at radius 3 is 2.62 bits per heavy atom. The van der Waals surface area contributed by atoms with Gasteiger partial charge in [0.05, 0.1) is 12.3 Å². The number of aromatic amines is 1. The van der Waals surface area contributed by atoms with Crippen molar-refractivity contribution in [2.24, 2.45) is 0 Å². The second kappa shape index (κ2) is 4.39. The van der Waals surface area contributed by atoms with Gasteiger partial charge in [0.1, 0.15) is 5.75 Å². The zero-order chi connectivity index (χ0) is 11.5. The smallest absolute Gasteiger partial charge is 0.122 e. The van der Waals surface area contributed by atoms with E-state index in [1.54, 1.807) is 0 Å². The van der Waals surface area contributed by atoms with Crippen LogP contribution in [-0.4, -0.2) is 16.8 Å². The molecule has 0 radical (unpaired) electrons. The highest BCUT2D eigenvalue weighted by Gasteiger charge is 2.05. The predicted octanol–water partition coefficient (Wildman–Crippen LogP) is 3.09. The fourth-order valence-electron chi connectivity index (χ4n) is 1.69. The maximum Gasteiger partial charge on any atom is 0.122 e. The average Bonchev–Trinajstić information content (AvgIpc) is 2.68. The van der Waals surface area contributed by atoms with Crippen molar-refractivity contribution in [2.75, 3.05) is 6.61 Å². The first-order valence-electron chi connectivity index (χ1n) is 5.46. The standard InChI is InChI=1S/C13H16N2O/c1-4-16-13-6-5-11(7-9(13)2)12-8-10(3)14-15-12/h5-8H,4H2,1-3H3,(H,14,15). The van der Waals surface area contributed by atoms with Crippen molar-refractivity contribution in [3.63, 3.8) is 0 Å². The summed E-state index contributed by atoms with van der Waals surface area (Å²) >= 11 is 0. The van der Waals surface area contributed by atoms with Crippen molar-refractivity contribution < 1.29 is 4.74 Å². The zero-order valence-corrected chi connectivity index (χ0v) is 9.87. The highest BCUT2D eigenvalue weighted by molar-refractivity contribution is 5.62. The fourth-order valence-corrected chi connectivity index (χ4v) is 1.69. The maximum absolute atomic E-state index is 5.50. The van der Waals surface area contributed by atoms with Crippen LogP contribution in [0.1, 0.15) is 18.2 Å². The van der Waals surface area contributed by atoms with Gasteiger partial charge in [-0.15, -0.1) is 0 Å². The van der Waals surface area contributed by atoms with Crippen molar-refractivity contribution in [2.45, 2.75) is 20.8 Å². The molecule has 16 heavy (non-hydrogen) atoms. The summed E-state index contributed by atoms with van der Waals surface area (Å²) in [5, 5.41) is 7.18. The van der Waals surface area contributed by atoms with Crippen molar-refractivity contribution in [1.29, 1.82) is 0 Å². The Labute approximate surface area is 95.5 Å². The third-order valence-electron chi connectivity index (χ3n) is 2.48. The quantitative estimate of drug-likeness (QED) is 0.856. The van der Waals surface area contributed by atoms with Crippen molar-refractivity contribution in [1.82, 2.24) is 10.2 Å². The Kier molecular flexibility index (Phi) is 2.95. The molecule has 0 aliphatic heterocycles. The Bertz CT molecular complexity index is 488. The Balaban J connectivity index is 2.34. The van der Waals surface area contributed by atoms with Crippen LogP contribution in [0.4, 0.5) is 0 Å². The molecule has 0 aliphatic rings. The lowest BCUT2D eigenvalue weighted by atomic mass is 10.1. The summed E-state index contributed by atoms with van der Waals surface area (Å²) in [6, 6.07) is 8.17. The number of benzene rings is 1. The summed E-state index contributed by atoms with van der Waals surface area (Å²) in [5.41, 5.74) is 4.30. The SMILES string of the molecule is CCOc1ccc(-c2cc(C)[nH]n2)cc1C. The number of aromatic nitrogens is 2. The number of hydrogen-bond acceptors (Lipinski definition) is 2. The van der Waals surface area contributed by atoms with Crippen molar-refractivity contribution >= 4 is 0 Å². The van der Waals surface area contributed by atoms with Crippen LogP contribution in [0, 0.1) is 13.8 Å². The third kappa shape index (κ3) is 2.08. The van der Waals surface area contributed by atoms with Crippen LogP contribution < -0.4 is 4.74 Å². The van der Waals surface area contributed by atoms with E-state index in [0.29, 0.717) is 6.61 Å². The van der Waals surface area contributed by atoms with Crippen molar-refractivity contribution in [3.05, 3.63) is 35.5 Å². The van der Waals surface area contributed by atoms with Gasteiger partial charge in [-0.2, -0.15) is 5.10 Å². The second-order valence-corrected chi connectivity index (χ2v) is 3.85. The number of rotatable bonds is 3. The summed E-state index contributed by atoms with van der Waals surface area (Å²) in [7, 11) is 0. The molecule has 0 fully saturated rings. The van der Waals surface area contributed by atoms with E-state index >= 15 is 0 Å². The zero-order valence-electron chi connectivity index (χ0n) is 9.87. The minimum absolute atomic E-state index is 0.696. The molecule has 2 aromatic rings. The highest BCUT2D eigenvalue weighted by Crippen LogP contribution is 2.25. The molecular formula is C13H16N2O. The molecule has 0 amide bonds. The minimum Gasteiger partial charge on any atom is -0.494 e. The summed E-state index contributed by atoms with van der Waals surface area (Å²) in [6.07, 6.45) is 0. The maximum atomic E-state index is 5.50. The lowest BCUT2D eigenvalue weighted by Gasteiger charge is -2.07. The number of hydrogen-bond donors (Lipinski definition) is 1. The number of H-pyrrole nitrogens is 1. The van der Waals surface area contributed by atoms with Gasteiger partial charge < -0.3 is 4.74 Å². The van der Waals surface area contributed by atoms with Crippen LogP contribution in [0.25, 0.3) is 11.3 Å².